The predicted octanol–water partition coefficient (Wildman–Crippen LogP) is 3.68. The Kier molecular flexibility index (Phi) is 5.60. The van der Waals surface area contributed by atoms with Crippen LogP contribution in [0.4, 0.5) is 0 Å². The van der Waals surface area contributed by atoms with Crippen LogP contribution in [0.2, 0.25) is 5.15 Å². The minimum absolute atomic E-state index is 0.0299. The van der Waals surface area contributed by atoms with Gasteiger partial charge in [-0.15, -0.1) is 5.10 Å². The van der Waals surface area contributed by atoms with Crippen LogP contribution in [0.5, 0.6) is 0 Å². The Morgan fingerprint density at radius 3 is 3.00 bits per heavy atom. The van der Waals surface area contributed by atoms with Crippen molar-refractivity contribution in [3.63, 3.8) is 0 Å². The largest absolute Gasteiger partial charge is 0.380 e. The molecule has 1 aliphatic carbocycles. The van der Waals surface area contributed by atoms with E-state index in [2.05, 4.69) is 45.9 Å². The molecule has 2 heterocycles. The smallest absolute Gasteiger partial charge is 0.151 e. The van der Waals surface area contributed by atoms with Gasteiger partial charge >= 0.3 is 0 Å². The summed E-state index contributed by atoms with van der Waals surface area (Å²) in [5, 5.41) is 11.9. The fourth-order valence-electron chi connectivity index (χ4n) is 3.33. The summed E-state index contributed by atoms with van der Waals surface area (Å²) in [6.45, 7) is 2.93. The molecule has 1 saturated heterocycles. The summed E-state index contributed by atoms with van der Waals surface area (Å²) in [6, 6.07) is 10.6. The monoisotopic (exact) mass is 371 g/mol. The van der Waals surface area contributed by atoms with Crippen molar-refractivity contribution in [1.82, 2.24) is 15.5 Å². The number of rotatable bonds is 6. The molecule has 4 rings (SSSR count). The van der Waals surface area contributed by atoms with Crippen LogP contribution >= 0.6 is 11.6 Å². The molecule has 0 spiro atoms. The highest BCUT2D eigenvalue weighted by atomic mass is 35.5. The van der Waals surface area contributed by atoms with E-state index in [1.165, 1.54) is 16.7 Å². The van der Waals surface area contributed by atoms with Gasteiger partial charge in [-0.2, -0.15) is 5.10 Å². The standard InChI is InChI=1S/C20H22ClN3O2/c21-20-7-6-17(23-24-20)13-26-19-3-1-2-15-5-4-14(10-18(15)19)11-22-16-8-9-25-12-16/h1-2,4-7,10,16,19,22H,3,8-9,11-13H2. The van der Waals surface area contributed by atoms with Crippen LogP contribution in [-0.2, 0) is 22.6 Å². The normalized spacial score (nSPS) is 21.7. The predicted molar refractivity (Wildman–Crippen MR) is 101 cm³/mol. The van der Waals surface area contributed by atoms with Gasteiger partial charge in [-0.25, -0.2) is 0 Å². The number of fused-ring (bicyclic) bond motifs is 1. The van der Waals surface area contributed by atoms with Crippen molar-refractivity contribution in [3.8, 4) is 0 Å². The average molecular weight is 372 g/mol. The van der Waals surface area contributed by atoms with E-state index in [0.29, 0.717) is 17.8 Å². The molecule has 0 saturated carbocycles. The molecule has 2 atom stereocenters. The van der Waals surface area contributed by atoms with Crippen molar-refractivity contribution in [3.05, 3.63) is 63.9 Å². The number of ether oxygens (including phenoxy) is 2. The van der Waals surface area contributed by atoms with Crippen molar-refractivity contribution in [1.29, 1.82) is 0 Å². The Balaban J connectivity index is 1.42. The maximum absolute atomic E-state index is 6.13. The zero-order valence-electron chi connectivity index (χ0n) is 14.5. The SMILES string of the molecule is Clc1ccc(COC2CC=Cc3ccc(CNC4CCOC4)cc32)nn1. The molecule has 1 fully saturated rings. The van der Waals surface area contributed by atoms with Gasteiger partial charge in [-0.3, -0.25) is 0 Å². The minimum Gasteiger partial charge on any atom is -0.380 e. The number of aromatic nitrogens is 2. The third-order valence-corrected chi connectivity index (χ3v) is 4.99. The van der Waals surface area contributed by atoms with Crippen LogP contribution in [0.3, 0.4) is 0 Å². The lowest BCUT2D eigenvalue weighted by molar-refractivity contribution is 0.0385. The molecule has 1 aromatic carbocycles. The molecule has 6 heteroatoms. The van der Waals surface area contributed by atoms with Crippen molar-refractivity contribution in [2.75, 3.05) is 13.2 Å². The fraction of sp³-hybridized carbons (Fsp3) is 0.400. The number of halogens is 1. The summed E-state index contributed by atoms with van der Waals surface area (Å²) >= 11 is 5.78. The minimum atomic E-state index is 0.0299. The lowest BCUT2D eigenvalue weighted by Crippen LogP contribution is -2.28. The van der Waals surface area contributed by atoms with Gasteiger partial charge in [0.05, 0.1) is 25.0 Å². The first kappa shape index (κ1) is 17.6. The van der Waals surface area contributed by atoms with Crippen LogP contribution in [0.1, 0.15) is 41.3 Å². The summed E-state index contributed by atoms with van der Waals surface area (Å²) in [5.74, 6) is 0. The number of hydrogen-bond acceptors (Lipinski definition) is 5. The van der Waals surface area contributed by atoms with Gasteiger partial charge in [0.25, 0.3) is 0 Å². The second-order valence-electron chi connectivity index (χ2n) is 6.69. The Morgan fingerprint density at radius 1 is 1.23 bits per heavy atom. The zero-order chi connectivity index (χ0) is 17.8. The first-order valence-electron chi connectivity index (χ1n) is 8.98. The van der Waals surface area contributed by atoms with Crippen molar-refractivity contribution < 1.29 is 9.47 Å². The highest BCUT2D eigenvalue weighted by molar-refractivity contribution is 6.29. The Bertz CT molecular complexity index is 773. The van der Waals surface area contributed by atoms with E-state index in [0.717, 1.165) is 38.3 Å². The van der Waals surface area contributed by atoms with Gasteiger partial charge in [-0.1, -0.05) is 42.0 Å². The van der Waals surface area contributed by atoms with Crippen LogP contribution < -0.4 is 5.32 Å². The number of nitrogens with one attached hydrogen (secondary N) is 1. The van der Waals surface area contributed by atoms with Crippen LogP contribution in [0.15, 0.2) is 36.4 Å². The molecule has 0 radical (unpaired) electrons. The van der Waals surface area contributed by atoms with Crippen molar-refractivity contribution >= 4 is 17.7 Å². The molecular formula is C20H22ClN3O2. The number of hydrogen-bond donors (Lipinski definition) is 1. The van der Waals surface area contributed by atoms with E-state index in [1.807, 2.05) is 6.07 Å². The highest BCUT2D eigenvalue weighted by Gasteiger charge is 2.19. The van der Waals surface area contributed by atoms with Crippen molar-refractivity contribution in [2.24, 2.45) is 0 Å². The highest BCUT2D eigenvalue weighted by Crippen LogP contribution is 2.32. The summed E-state index contributed by atoms with van der Waals surface area (Å²) in [6.07, 6.45) is 6.30. The Hall–Kier alpha value is -1.79. The first-order chi connectivity index (χ1) is 12.8. The molecule has 26 heavy (non-hydrogen) atoms. The molecule has 136 valence electrons. The van der Waals surface area contributed by atoms with Crippen molar-refractivity contribution in [2.45, 2.75) is 38.1 Å². The summed E-state index contributed by atoms with van der Waals surface area (Å²) in [5.41, 5.74) is 4.50. The molecular weight excluding hydrogens is 350 g/mol. The van der Waals surface area contributed by atoms with E-state index in [4.69, 9.17) is 21.1 Å². The molecule has 5 nitrogen and oxygen atoms in total. The Labute approximate surface area is 158 Å². The zero-order valence-corrected chi connectivity index (χ0v) is 15.3. The van der Waals surface area contributed by atoms with Gasteiger partial charge in [0, 0.05) is 19.2 Å². The quantitative estimate of drug-likeness (QED) is 0.839. The van der Waals surface area contributed by atoms with E-state index < -0.39 is 0 Å². The molecule has 2 unspecified atom stereocenters. The van der Waals surface area contributed by atoms with Gasteiger partial charge in [0.1, 0.15) is 0 Å². The first-order valence-corrected chi connectivity index (χ1v) is 9.36. The molecule has 1 N–H and O–H groups in total. The summed E-state index contributed by atoms with van der Waals surface area (Å²) < 4.78 is 11.6. The van der Waals surface area contributed by atoms with Gasteiger partial charge < -0.3 is 14.8 Å². The molecule has 0 amide bonds. The Morgan fingerprint density at radius 2 is 2.19 bits per heavy atom. The maximum atomic E-state index is 6.13. The molecule has 1 aliphatic heterocycles. The van der Waals surface area contributed by atoms with Gasteiger partial charge in [0.15, 0.2) is 5.15 Å². The molecule has 2 aromatic rings. The van der Waals surface area contributed by atoms with E-state index >= 15 is 0 Å². The molecule has 1 aromatic heterocycles. The maximum Gasteiger partial charge on any atom is 0.151 e. The van der Waals surface area contributed by atoms with Crippen LogP contribution in [0.25, 0.3) is 6.08 Å². The lowest BCUT2D eigenvalue weighted by atomic mass is 9.93. The molecule has 0 bridgehead atoms. The van der Waals surface area contributed by atoms with Crippen LogP contribution in [0, 0.1) is 0 Å². The fourth-order valence-corrected chi connectivity index (χ4v) is 3.43. The lowest BCUT2D eigenvalue weighted by Gasteiger charge is -2.23. The van der Waals surface area contributed by atoms with E-state index in [-0.39, 0.29) is 6.10 Å². The van der Waals surface area contributed by atoms with E-state index in [9.17, 15) is 0 Å². The third-order valence-electron chi connectivity index (χ3n) is 4.79. The van der Waals surface area contributed by atoms with Gasteiger partial charge in [-0.05, 0) is 41.7 Å². The number of benzene rings is 1. The second-order valence-corrected chi connectivity index (χ2v) is 7.08. The summed E-state index contributed by atoms with van der Waals surface area (Å²) in [4.78, 5) is 0. The van der Waals surface area contributed by atoms with E-state index in [1.54, 1.807) is 6.07 Å². The number of nitrogens with zero attached hydrogens (tertiary/aromatic N) is 2. The summed E-state index contributed by atoms with van der Waals surface area (Å²) in [7, 11) is 0. The van der Waals surface area contributed by atoms with Gasteiger partial charge in [0.2, 0.25) is 0 Å². The topological polar surface area (TPSA) is 56.3 Å². The molecule has 2 aliphatic rings. The second kappa shape index (κ2) is 8.27. The van der Waals surface area contributed by atoms with Crippen LogP contribution in [-0.4, -0.2) is 29.5 Å². The third kappa shape index (κ3) is 4.30. The average Bonchev–Trinajstić information content (AvgIpc) is 3.19.